The largest absolute Gasteiger partial charge is 0.478 e. The van der Waals surface area contributed by atoms with Crippen molar-refractivity contribution in [2.45, 2.75) is 13.1 Å². The molecule has 4 aromatic rings. The number of ether oxygens (including phenoxy) is 1. The molecule has 1 aliphatic rings. The van der Waals surface area contributed by atoms with E-state index in [0.29, 0.717) is 29.8 Å². The summed E-state index contributed by atoms with van der Waals surface area (Å²) < 4.78 is 11.9. The Hall–Kier alpha value is -2.89. The van der Waals surface area contributed by atoms with Gasteiger partial charge in [0.25, 0.3) is 0 Å². The van der Waals surface area contributed by atoms with Gasteiger partial charge in [-0.3, -0.25) is 9.69 Å². The molecule has 0 radical (unpaired) electrons. The molecule has 5 rings (SSSR count). The molecule has 0 unspecified atom stereocenters. The van der Waals surface area contributed by atoms with E-state index in [-0.39, 0.29) is 5.43 Å². The van der Waals surface area contributed by atoms with Gasteiger partial charge in [-0.05, 0) is 29.1 Å². The van der Waals surface area contributed by atoms with Gasteiger partial charge in [-0.25, -0.2) is 0 Å². The summed E-state index contributed by atoms with van der Waals surface area (Å²) in [6.45, 7) is 2.04. The van der Waals surface area contributed by atoms with E-state index < -0.39 is 0 Å². The van der Waals surface area contributed by atoms with Crippen molar-refractivity contribution >= 4 is 22.3 Å². The number of nitrogens with zero attached hydrogens (tertiary/aromatic N) is 1. The van der Waals surface area contributed by atoms with Crippen LogP contribution in [0.25, 0.3) is 22.1 Å². The van der Waals surface area contributed by atoms with Crippen molar-refractivity contribution < 1.29 is 9.15 Å². The predicted molar refractivity (Wildman–Crippen MR) is 107 cm³/mol. The van der Waals surface area contributed by atoms with E-state index in [4.69, 9.17) is 9.15 Å². The van der Waals surface area contributed by atoms with Gasteiger partial charge in [0, 0.05) is 18.0 Å². The summed E-state index contributed by atoms with van der Waals surface area (Å²) in [4.78, 5) is 16.5. The van der Waals surface area contributed by atoms with Gasteiger partial charge in [0.15, 0.2) is 0 Å². The normalized spacial score (nSPS) is 14.1. The second kappa shape index (κ2) is 6.68. The Labute approximate surface area is 160 Å². The van der Waals surface area contributed by atoms with Crippen LogP contribution in [0.2, 0.25) is 0 Å². The topological polar surface area (TPSA) is 42.7 Å². The molecule has 5 heteroatoms. The lowest BCUT2D eigenvalue weighted by atomic mass is 10.0. The van der Waals surface area contributed by atoms with Crippen molar-refractivity contribution in [1.82, 2.24) is 4.90 Å². The van der Waals surface area contributed by atoms with Gasteiger partial charge in [0.2, 0.25) is 5.43 Å². The molecule has 0 saturated heterocycles. The third-order valence-electron chi connectivity index (χ3n) is 4.83. The van der Waals surface area contributed by atoms with Gasteiger partial charge >= 0.3 is 0 Å². The molecule has 0 bridgehead atoms. The van der Waals surface area contributed by atoms with Crippen molar-refractivity contribution in [3.63, 3.8) is 0 Å². The lowest BCUT2D eigenvalue weighted by Gasteiger charge is -2.28. The van der Waals surface area contributed by atoms with Gasteiger partial charge in [-0.15, -0.1) is 11.3 Å². The first-order valence-electron chi connectivity index (χ1n) is 8.80. The molecule has 0 atom stereocenters. The first kappa shape index (κ1) is 16.3. The highest BCUT2D eigenvalue weighted by Crippen LogP contribution is 2.33. The van der Waals surface area contributed by atoms with Gasteiger partial charge in [0.1, 0.15) is 24.3 Å². The molecule has 27 heavy (non-hydrogen) atoms. The van der Waals surface area contributed by atoms with E-state index in [9.17, 15) is 4.79 Å². The van der Waals surface area contributed by atoms with Crippen molar-refractivity contribution in [1.29, 1.82) is 0 Å². The van der Waals surface area contributed by atoms with Crippen LogP contribution < -0.4 is 10.2 Å². The predicted octanol–water partition coefficient (Wildman–Crippen LogP) is 4.87. The number of benzene rings is 2. The Balaban J connectivity index is 1.56. The molecule has 0 N–H and O–H groups in total. The highest BCUT2D eigenvalue weighted by molar-refractivity contribution is 7.09. The number of hydrogen-bond acceptors (Lipinski definition) is 5. The summed E-state index contributed by atoms with van der Waals surface area (Å²) in [7, 11) is 0. The standard InChI is InChI=1S/C22H17NO3S/c24-21-17-8-9-20-18(12-23(14-26-20)11-16-7-4-10-27-16)22(17)25-13-19(21)15-5-2-1-3-6-15/h1-10,13H,11-12,14H2. The third-order valence-corrected chi connectivity index (χ3v) is 5.69. The average Bonchev–Trinajstić information content (AvgIpc) is 3.22. The van der Waals surface area contributed by atoms with Gasteiger partial charge in [-0.1, -0.05) is 36.4 Å². The lowest BCUT2D eigenvalue weighted by molar-refractivity contribution is 0.0899. The van der Waals surface area contributed by atoms with Crippen LogP contribution in [0, 0.1) is 0 Å². The second-order valence-electron chi connectivity index (χ2n) is 6.60. The zero-order valence-corrected chi connectivity index (χ0v) is 15.4. The monoisotopic (exact) mass is 375 g/mol. The van der Waals surface area contributed by atoms with Crippen molar-refractivity contribution in [2.24, 2.45) is 0 Å². The fraction of sp³-hybridized carbons (Fsp3) is 0.136. The van der Waals surface area contributed by atoms with E-state index in [2.05, 4.69) is 22.4 Å². The minimum atomic E-state index is -0.0133. The van der Waals surface area contributed by atoms with Crippen molar-refractivity contribution in [3.05, 3.63) is 86.9 Å². The van der Waals surface area contributed by atoms with E-state index in [1.807, 2.05) is 36.4 Å². The van der Waals surface area contributed by atoms with Crippen LogP contribution in [-0.2, 0) is 13.1 Å². The molecule has 134 valence electrons. The second-order valence-corrected chi connectivity index (χ2v) is 7.64. The Morgan fingerprint density at radius 1 is 1.04 bits per heavy atom. The van der Waals surface area contributed by atoms with Crippen LogP contribution >= 0.6 is 11.3 Å². The summed E-state index contributed by atoms with van der Waals surface area (Å²) in [6, 6.07) is 17.5. The van der Waals surface area contributed by atoms with Gasteiger partial charge in [0.05, 0.1) is 16.5 Å². The maximum absolute atomic E-state index is 13.0. The van der Waals surface area contributed by atoms with E-state index in [1.54, 1.807) is 23.7 Å². The summed E-state index contributed by atoms with van der Waals surface area (Å²) in [5.41, 5.74) is 2.98. The van der Waals surface area contributed by atoms with Gasteiger partial charge < -0.3 is 9.15 Å². The Morgan fingerprint density at radius 3 is 2.74 bits per heavy atom. The maximum atomic E-state index is 13.0. The maximum Gasteiger partial charge on any atom is 0.200 e. The molecule has 0 amide bonds. The SMILES string of the molecule is O=c1c(-c2ccccc2)coc2c3c(ccc12)OCN(Cc1cccs1)C3. The third kappa shape index (κ3) is 2.95. The Bertz CT molecular complexity index is 1150. The van der Waals surface area contributed by atoms with Crippen molar-refractivity contribution in [3.8, 4) is 16.9 Å². The summed E-state index contributed by atoms with van der Waals surface area (Å²) in [5, 5.41) is 2.67. The Kier molecular flexibility index (Phi) is 4.03. The molecular formula is C22H17NO3S. The molecule has 0 aliphatic carbocycles. The van der Waals surface area contributed by atoms with Crippen LogP contribution in [0.5, 0.6) is 5.75 Å². The van der Waals surface area contributed by atoms with E-state index in [0.717, 1.165) is 23.4 Å². The van der Waals surface area contributed by atoms with Crippen LogP contribution in [0.1, 0.15) is 10.4 Å². The summed E-state index contributed by atoms with van der Waals surface area (Å²) in [5.74, 6) is 0.792. The number of hydrogen-bond donors (Lipinski definition) is 0. The highest BCUT2D eigenvalue weighted by Gasteiger charge is 2.23. The van der Waals surface area contributed by atoms with Crippen LogP contribution in [0.4, 0.5) is 0 Å². The van der Waals surface area contributed by atoms with Crippen LogP contribution in [0.15, 0.2) is 75.5 Å². The fourth-order valence-electron chi connectivity index (χ4n) is 3.50. The number of thiophene rings is 1. The van der Waals surface area contributed by atoms with Crippen molar-refractivity contribution in [2.75, 3.05) is 6.73 Å². The first-order chi connectivity index (χ1) is 13.3. The molecule has 2 aromatic carbocycles. The molecule has 0 spiro atoms. The summed E-state index contributed by atoms with van der Waals surface area (Å²) in [6.07, 6.45) is 1.57. The average molecular weight is 375 g/mol. The highest BCUT2D eigenvalue weighted by atomic mass is 32.1. The molecular weight excluding hydrogens is 358 g/mol. The Morgan fingerprint density at radius 2 is 1.93 bits per heavy atom. The van der Waals surface area contributed by atoms with Crippen LogP contribution in [0.3, 0.4) is 0 Å². The molecule has 1 aliphatic heterocycles. The molecule has 0 fully saturated rings. The first-order valence-corrected chi connectivity index (χ1v) is 9.68. The smallest absolute Gasteiger partial charge is 0.200 e. The summed E-state index contributed by atoms with van der Waals surface area (Å²) >= 11 is 1.73. The molecule has 2 aromatic heterocycles. The quantitative estimate of drug-likeness (QED) is 0.512. The van der Waals surface area contributed by atoms with E-state index in [1.165, 1.54) is 4.88 Å². The van der Waals surface area contributed by atoms with Gasteiger partial charge in [-0.2, -0.15) is 0 Å². The van der Waals surface area contributed by atoms with Crippen LogP contribution in [-0.4, -0.2) is 11.6 Å². The number of fused-ring (bicyclic) bond motifs is 3. The fourth-order valence-corrected chi connectivity index (χ4v) is 4.24. The zero-order valence-electron chi connectivity index (χ0n) is 14.6. The minimum Gasteiger partial charge on any atom is -0.478 e. The van der Waals surface area contributed by atoms with E-state index >= 15 is 0 Å². The lowest BCUT2D eigenvalue weighted by Crippen LogP contribution is -2.31. The minimum absolute atomic E-state index is 0.0133. The number of rotatable bonds is 3. The zero-order chi connectivity index (χ0) is 18.2. The molecule has 3 heterocycles. The molecule has 0 saturated carbocycles. The molecule has 4 nitrogen and oxygen atoms in total.